The number of anilines is 1. The van der Waals surface area contributed by atoms with Gasteiger partial charge in [0.05, 0.1) is 0 Å². The Morgan fingerprint density at radius 1 is 0.969 bits per heavy atom. The molecule has 6 nitrogen and oxygen atoms in total. The molecule has 1 heterocycles. The molecule has 3 rings (SSSR count). The van der Waals surface area contributed by atoms with Crippen LogP contribution in [0.3, 0.4) is 0 Å². The summed E-state index contributed by atoms with van der Waals surface area (Å²) in [5.41, 5.74) is 1.83. The fourth-order valence-corrected chi connectivity index (χ4v) is 3.66. The van der Waals surface area contributed by atoms with Crippen LogP contribution in [0.4, 0.5) is 5.69 Å². The molecule has 0 aromatic heterocycles. The molecule has 0 spiro atoms. The minimum absolute atomic E-state index is 0.0503. The van der Waals surface area contributed by atoms with Gasteiger partial charge in [-0.05, 0) is 43.0 Å². The van der Waals surface area contributed by atoms with E-state index in [0.29, 0.717) is 30.8 Å². The smallest absolute Gasteiger partial charge is 0.253 e. The largest absolute Gasteiger partial charge is 0.353 e. The number of aryl methyl sites for hydroxylation is 1. The first-order valence-corrected chi connectivity index (χ1v) is 11.3. The molecule has 32 heavy (non-hydrogen) atoms. The lowest BCUT2D eigenvalue weighted by Gasteiger charge is -2.32. The molecule has 1 fully saturated rings. The highest BCUT2D eigenvalue weighted by atomic mass is 16.2. The Balaban J connectivity index is 1.47. The normalized spacial score (nSPS) is 14.7. The van der Waals surface area contributed by atoms with Crippen LogP contribution in [0.2, 0.25) is 0 Å². The van der Waals surface area contributed by atoms with E-state index in [1.165, 1.54) is 0 Å². The van der Waals surface area contributed by atoms with Gasteiger partial charge in [-0.3, -0.25) is 14.4 Å². The third kappa shape index (κ3) is 6.67. The Morgan fingerprint density at radius 2 is 1.66 bits per heavy atom. The van der Waals surface area contributed by atoms with E-state index < -0.39 is 5.41 Å². The third-order valence-corrected chi connectivity index (χ3v) is 5.68. The highest BCUT2D eigenvalue weighted by molar-refractivity contribution is 5.98. The number of hydrogen-bond donors (Lipinski definition) is 2. The van der Waals surface area contributed by atoms with E-state index in [1.807, 2.05) is 56.0 Å². The van der Waals surface area contributed by atoms with Gasteiger partial charge >= 0.3 is 0 Å². The summed E-state index contributed by atoms with van der Waals surface area (Å²) in [6, 6.07) is 17.2. The molecule has 2 aromatic carbocycles. The maximum atomic E-state index is 12.9. The van der Waals surface area contributed by atoms with Gasteiger partial charge in [-0.15, -0.1) is 0 Å². The highest BCUT2D eigenvalue weighted by Crippen LogP contribution is 2.20. The van der Waals surface area contributed by atoms with Crippen LogP contribution in [0.1, 0.15) is 56.0 Å². The maximum Gasteiger partial charge on any atom is 0.253 e. The summed E-state index contributed by atoms with van der Waals surface area (Å²) < 4.78 is 0. The van der Waals surface area contributed by atoms with E-state index in [1.54, 1.807) is 24.3 Å². The van der Waals surface area contributed by atoms with Crippen molar-refractivity contribution in [3.05, 3.63) is 65.7 Å². The molecule has 0 radical (unpaired) electrons. The summed E-state index contributed by atoms with van der Waals surface area (Å²) in [5, 5.41) is 5.98. The first-order valence-electron chi connectivity index (χ1n) is 11.3. The molecule has 0 saturated carbocycles. The van der Waals surface area contributed by atoms with Crippen LogP contribution >= 0.6 is 0 Å². The molecule has 2 N–H and O–H groups in total. The average molecular weight is 436 g/mol. The first-order chi connectivity index (χ1) is 15.2. The Kier molecular flexibility index (Phi) is 7.67. The van der Waals surface area contributed by atoms with E-state index in [2.05, 4.69) is 10.6 Å². The fourth-order valence-electron chi connectivity index (χ4n) is 3.66. The van der Waals surface area contributed by atoms with Crippen molar-refractivity contribution in [1.29, 1.82) is 0 Å². The van der Waals surface area contributed by atoms with Crippen LogP contribution < -0.4 is 10.6 Å². The predicted octanol–water partition coefficient (Wildman–Crippen LogP) is 4.02. The van der Waals surface area contributed by atoms with Gasteiger partial charge < -0.3 is 15.5 Å². The maximum absolute atomic E-state index is 12.9. The molecule has 6 heteroatoms. The zero-order valence-electron chi connectivity index (χ0n) is 19.2. The Labute approximate surface area is 190 Å². The van der Waals surface area contributed by atoms with Gasteiger partial charge in [0, 0.05) is 42.2 Å². The second-order valence-corrected chi connectivity index (χ2v) is 9.40. The van der Waals surface area contributed by atoms with Gasteiger partial charge in [0.2, 0.25) is 11.8 Å². The van der Waals surface area contributed by atoms with Crippen LogP contribution in [0.15, 0.2) is 54.6 Å². The quantitative estimate of drug-likeness (QED) is 0.719. The Morgan fingerprint density at radius 3 is 2.31 bits per heavy atom. The van der Waals surface area contributed by atoms with Crippen LogP contribution in [0.25, 0.3) is 0 Å². The van der Waals surface area contributed by atoms with Crippen molar-refractivity contribution in [1.82, 2.24) is 10.2 Å². The molecule has 1 aliphatic rings. The second kappa shape index (κ2) is 10.4. The van der Waals surface area contributed by atoms with Crippen molar-refractivity contribution in [2.24, 2.45) is 5.41 Å². The fraction of sp³-hybridized carbons (Fsp3) is 0.423. The summed E-state index contributed by atoms with van der Waals surface area (Å²) >= 11 is 0. The monoisotopic (exact) mass is 435 g/mol. The lowest BCUT2D eigenvalue weighted by Crippen LogP contribution is -2.46. The van der Waals surface area contributed by atoms with Gasteiger partial charge in [-0.1, -0.05) is 57.2 Å². The highest BCUT2D eigenvalue weighted by Gasteiger charge is 2.25. The molecule has 170 valence electrons. The van der Waals surface area contributed by atoms with E-state index >= 15 is 0 Å². The number of amides is 3. The molecular weight excluding hydrogens is 402 g/mol. The third-order valence-electron chi connectivity index (χ3n) is 5.68. The second-order valence-electron chi connectivity index (χ2n) is 9.40. The van der Waals surface area contributed by atoms with Crippen molar-refractivity contribution < 1.29 is 14.4 Å². The van der Waals surface area contributed by atoms with Crippen LogP contribution in [0, 0.1) is 5.41 Å². The number of benzene rings is 2. The van der Waals surface area contributed by atoms with Crippen molar-refractivity contribution in [3.8, 4) is 0 Å². The SMILES string of the molecule is CC(C)(C)C(=O)Nc1cccc(C(=O)N2CCC(NC(=O)CCc3ccccc3)CC2)c1. The predicted molar refractivity (Wildman–Crippen MR) is 126 cm³/mol. The van der Waals surface area contributed by atoms with Crippen molar-refractivity contribution in [3.63, 3.8) is 0 Å². The Hall–Kier alpha value is -3.15. The molecule has 0 bridgehead atoms. The van der Waals surface area contributed by atoms with E-state index in [4.69, 9.17) is 0 Å². The molecule has 3 amide bonds. The number of piperidine rings is 1. The van der Waals surface area contributed by atoms with E-state index in [-0.39, 0.29) is 23.8 Å². The molecule has 2 aromatic rings. The molecule has 1 saturated heterocycles. The Bertz CT molecular complexity index is 942. The van der Waals surface area contributed by atoms with E-state index in [9.17, 15) is 14.4 Å². The van der Waals surface area contributed by atoms with Crippen molar-refractivity contribution >= 4 is 23.4 Å². The molecular formula is C26H33N3O3. The number of carbonyl (C=O) groups excluding carboxylic acids is 3. The minimum Gasteiger partial charge on any atom is -0.353 e. The standard InChI is InChI=1S/C26H33N3O3/c1-26(2,3)25(32)28-22-11-7-10-20(18-22)24(31)29-16-14-21(15-17-29)27-23(30)13-12-19-8-5-4-6-9-19/h4-11,18,21H,12-17H2,1-3H3,(H,27,30)(H,28,32). The van der Waals surface area contributed by atoms with Crippen LogP contribution in [0.5, 0.6) is 0 Å². The summed E-state index contributed by atoms with van der Waals surface area (Å²) in [6.07, 6.45) is 2.68. The summed E-state index contributed by atoms with van der Waals surface area (Å²) in [7, 11) is 0. The van der Waals surface area contributed by atoms with Crippen LogP contribution in [-0.4, -0.2) is 41.8 Å². The molecule has 0 atom stereocenters. The number of nitrogens with zero attached hydrogens (tertiary/aromatic N) is 1. The molecule has 1 aliphatic heterocycles. The number of nitrogens with one attached hydrogen (secondary N) is 2. The number of likely N-dealkylation sites (tertiary alicyclic amines) is 1. The lowest BCUT2D eigenvalue weighted by molar-refractivity contribution is -0.123. The van der Waals surface area contributed by atoms with Gasteiger partial charge in [-0.2, -0.15) is 0 Å². The van der Waals surface area contributed by atoms with E-state index in [0.717, 1.165) is 24.8 Å². The van der Waals surface area contributed by atoms with Crippen molar-refractivity contribution in [2.75, 3.05) is 18.4 Å². The minimum atomic E-state index is -0.507. The van der Waals surface area contributed by atoms with Crippen LogP contribution in [-0.2, 0) is 16.0 Å². The summed E-state index contributed by atoms with van der Waals surface area (Å²) in [5.74, 6) is -0.0856. The zero-order chi connectivity index (χ0) is 23.1. The van der Waals surface area contributed by atoms with Gasteiger partial charge in [0.1, 0.15) is 0 Å². The first kappa shape index (κ1) is 23.5. The summed E-state index contributed by atoms with van der Waals surface area (Å²) in [4.78, 5) is 39.3. The number of hydrogen-bond acceptors (Lipinski definition) is 3. The lowest BCUT2D eigenvalue weighted by atomic mass is 9.95. The topological polar surface area (TPSA) is 78.5 Å². The molecule has 0 unspecified atom stereocenters. The molecule has 0 aliphatic carbocycles. The zero-order valence-corrected chi connectivity index (χ0v) is 19.2. The van der Waals surface area contributed by atoms with Gasteiger partial charge in [0.15, 0.2) is 0 Å². The number of carbonyl (C=O) groups is 3. The average Bonchev–Trinajstić information content (AvgIpc) is 2.78. The summed E-state index contributed by atoms with van der Waals surface area (Å²) in [6.45, 7) is 6.74. The number of rotatable bonds is 6. The van der Waals surface area contributed by atoms with Gasteiger partial charge in [0.25, 0.3) is 5.91 Å². The van der Waals surface area contributed by atoms with Gasteiger partial charge in [-0.25, -0.2) is 0 Å². The van der Waals surface area contributed by atoms with Crippen molar-refractivity contribution in [2.45, 2.75) is 52.5 Å².